The number of hydrogen-bond acceptors (Lipinski definition) is 2. The lowest BCUT2D eigenvalue weighted by Gasteiger charge is -2.33. The third-order valence-electron chi connectivity index (χ3n) is 2.63. The van der Waals surface area contributed by atoms with Crippen molar-refractivity contribution in [3.63, 3.8) is 0 Å². The lowest BCUT2D eigenvalue weighted by molar-refractivity contribution is -0.226. The Morgan fingerprint density at radius 2 is 1.94 bits per heavy atom. The molecule has 0 spiro atoms. The summed E-state index contributed by atoms with van der Waals surface area (Å²) in [5.74, 6) is 0. The first-order valence-corrected chi connectivity index (χ1v) is 5.36. The fraction of sp³-hybridized carbons (Fsp3) is 0.417. The van der Waals surface area contributed by atoms with Gasteiger partial charge in [-0.1, -0.05) is 30.3 Å². The molecule has 0 aliphatic carbocycles. The van der Waals surface area contributed by atoms with Crippen LogP contribution in [0.25, 0.3) is 0 Å². The van der Waals surface area contributed by atoms with Gasteiger partial charge in [-0.25, -0.2) is 0 Å². The van der Waals surface area contributed by atoms with E-state index < -0.39 is 12.3 Å². The molecule has 1 aliphatic heterocycles. The van der Waals surface area contributed by atoms with Crippen LogP contribution in [0.4, 0.5) is 13.2 Å². The van der Waals surface area contributed by atoms with Gasteiger partial charge < -0.3 is 4.74 Å². The average Bonchev–Trinajstić information content (AvgIpc) is 2.29. The summed E-state index contributed by atoms with van der Waals surface area (Å²) < 4.78 is 42.1. The van der Waals surface area contributed by atoms with Gasteiger partial charge >= 0.3 is 6.18 Å². The molecule has 0 saturated carbocycles. The largest absolute Gasteiger partial charge is 0.415 e. The third kappa shape index (κ3) is 3.44. The number of nitrogens with zero attached hydrogens (tertiary/aromatic N) is 1. The van der Waals surface area contributed by atoms with Crippen LogP contribution < -0.4 is 0 Å². The summed E-state index contributed by atoms with van der Waals surface area (Å²) in [6.45, 7) is 2.04. The normalized spacial score (nSPS) is 22.6. The molecule has 0 aromatic heterocycles. The molecule has 2 nitrogen and oxygen atoms in total. The molecule has 1 heterocycles. The zero-order chi connectivity index (χ0) is 12.3. The van der Waals surface area contributed by atoms with Crippen molar-refractivity contribution >= 4 is 0 Å². The summed E-state index contributed by atoms with van der Waals surface area (Å²) in [6, 6.07) is 9.44. The molecule has 0 N–H and O–H groups in total. The van der Waals surface area contributed by atoms with Gasteiger partial charge in [0.1, 0.15) is 0 Å². The first-order valence-electron chi connectivity index (χ1n) is 5.36. The predicted octanol–water partition coefficient (Wildman–Crippen LogP) is 2.61. The highest BCUT2D eigenvalue weighted by Gasteiger charge is 2.43. The first kappa shape index (κ1) is 12.4. The van der Waals surface area contributed by atoms with E-state index in [2.05, 4.69) is 4.74 Å². The van der Waals surface area contributed by atoms with Gasteiger partial charge in [0, 0.05) is 19.6 Å². The van der Waals surface area contributed by atoms with E-state index in [0.717, 1.165) is 5.56 Å². The zero-order valence-electron chi connectivity index (χ0n) is 9.15. The molecule has 1 aliphatic rings. The molecular formula is C12H13F3NO. The standard InChI is InChI=1S/C12H13F3NO/c13-12(14,15)11-9-16(6-7-17-11)8-10-4-2-1-3-5-10/h1-5,7,11H,6,8-9H2. The number of benzene rings is 1. The van der Waals surface area contributed by atoms with Gasteiger partial charge in [0.25, 0.3) is 0 Å². The van der Waals surface area contributed by atoms with E-state index in [1.54, 1.807) is 4.90 Å². The van der Waals surface area contributed by atoms with Crippen molar-refractivity contribution in [3.8, 4) is 0 Å². The van der Waals surface area contributed by atoms with E-state index in [4.69, 9.17) is 0 Å². The molecule has 1 radical (unpaired) electrons. The summed E-state index contributed by atoms with van der Waals surface area (Å²) in [4.78, 5) is 1.72. The van der Waals surface area contributed by atoms with Gasteiger partial charge in [-0.15, -0.1) is 0 Å². The predicted molar refractivity (Wildman–Crippen MR) is 56.9 cm³/mol. The summed E-state index contributed by atoms with van der Waals surface area (Å²) in [6.07, 6.45) is -6.01. The molecule has 1 fully saturated rings. The molecule has 1 atom stereocenters. The quantitative estimate of drug-likeness (QED) is 0.793. The first-order chi connectivity index (χ1) is 8.05. The summed E-state index contributed by atoms with van der Waals surface area (Å²) in [7, 11) is 0. The van der Waals surface area contributed by atoms with Crippen molar-refractivity contribution in [3.05, 3.63) is 42.5 Å². The van der Waals surface area contributed by atoms with Gasteiger partial charge in [0.15, 0.2) is 6.10 Å². The zero-order valence-corrected chi connectivity index (χ0v) is 9.15. The highest BCUT2D eigenvalue weighted by atomic mass is 19.4. The maximum Gasteiger partial charge on any atom is 0.415 e. The Labute approximate surface area is 98.0 Å². The van der Waals surface area contributed by atoms with Crippen molar-refractivity contribution in [2.24, 2.45) is 0 Å². The Kier molecular flexibility index (Phi) is 3.69. The van der Waals surface area contributed by atoms with E-state index in [1.165, 1.54) is 6.61 Å². The lowest BCUT2D eigenvalue weighted by atomic mass is 10.2. The maximum absolute atomic E-state index is 12.5. The van der Waals surface area contributed by atoms with E-state index in [9.17, 15) is 13.2 Å². The smallest absolute Gasteiger partial charge is 0.360 e. The molecule has 1 unspecified atom stereocenters. The molecule has 93 valence electrons. The van der Waals surface area contributed by atoms with Gasteiger partial charge in [0.05, 0.1) is 6.61 Å². The van der Waals surface area contributed by atoms with Crippen LogP contribution in [-0.4, -0.2) is 30.3 Å². The summed E-state index contributed by atoms with van der Waals surface area (Å²) in [5, 5.41) is 0. The molecule has 17 heavy (non-hydrogen) atoms. The van der Waals surface area contributed by atoms with Crippen LogP contribution in [0.2, 0.25) is 0 Å². The second kappa shape index (κ2) is 5.06. The number of hydrogen-bond donors (Lipinski definition) is 0. The van der Waals surface area contributed by atoms with Gasteiger partial charge in [0.2, 0.25) is 0 Å². The SMILES string of the molecule is FC(F)(F)C1CN(Cc2ccccc2)C[CH]O1. The highest BCUT2D eigenvalue weighted by molar-refractivity contribution is 5.14. The Balaban J connectivity index is 1.94. The Morgan fingerprint density at radius 1 is 1.24 bits per heavy atom. The number of morpholine rings is 1. The van der Waals surface area contributed by atoms with Crippen LogP contribution in [0.15, 0.2) is 30.3 Å². The number of alkyl halides is 3. The Bertz CT molecular complexity index is 353. The van der Waals surface area contributed by atoms with Crippen molar-refractivity contribution in [1.82, 2.24) is 4.90 Å². The summed E-state index contributed by atoms with van der Waals surface area (Å²) in [5.41, 5.74) is 1.00. The van der Waals surface area contributed by atoms with Crippen LogP contribution in [0.3, 0.4) is 0 Å². The van der Waals surface area contributed by atoms with E-state index in [1.807, 2.05) is 30.3 Å². The van der Waals surface area contributed by atoms with Crippen LogP contribution in [0.5, 0.6) is 0 Å². The second-order valence-electron chi connectivity index (χ2n) is 4.01. The molecule has 0 bridgehead atoms. The molecule has 0 amide bonds. The summed E-state index contributed by atoms with van der Waals surface area (Å²) >= 11 is 0. The topological polar surface area (TPSA) is 12.5 Å². The van der Waals surface area contributed by atoms with Crippen molar-refractivity contribution in [1.29, 1.82) is 0 Å². The second-order valence-corrected chi connectivity index (χ2v) is 4.01. The Morgan fingerprint density at radius 3 is 2.59 bits per heavy atom. The van der Waals surface area contributed by atoms with E-state index in [0.29, 0.717) is 13.1 Å². The van der Waals surface area contributed by atoms with E-state index >= 15 is 0 Å². The molecule has 1 saturated heterocycles. The number of rotatable bonds is 2. The molecule has 1 aromatic rings. The third-order valence-corrected chi connectivity index (χ3v) is 2.63. The molecule has 5 heteroatoms. The number of ether oxygens (including phenoxy) is 1. The fourth-order valence-corrected chi connectivity index (χ4v) is 1.77. The average molecular weight is 244 g/mol. The minimum absolute atomic E-state index is 0.116. The van der Waals surface area contributed by atoms with E-state index in [-0.39, 0.29) is 6.54 Å². The van der Waals surface area contributed by atoms with Crippen LogP contribution >= 0.6 is 0 Å². The Hall–Kier alpha value is -1.07. The highest BCUT2D eigenvalue weighted by Crippen LogP contribution is 2.27. The molecule has 2 rings (SSSR count). The lowest BCUT2D eigenvalue weighted by Crippen LogP contribution is -2.47. The molecule has 1 aromatic carbocycles. The van der Waals surface area contributed by atoms with Crippen LogP contribution in [-0.2, 0) is 11.3 Å². The van der Waals surface area contributed by atoms with Crippen molar-refractivity contribution < 1.29 is 17.9 Å². The maximum atomic E-state index is 12.5. The fourth-order valence-electron chi connectivity index (χ4n) is 1.77. The minimum atomic E-state index is -4.30. The van der Waals surface area contributed by atoms with Crippen LogP contribution in [0.1, 0.15) is 5.56 Å². The number of halogens is 3. The molecular weight excluding hydrogens is 231 g/mol. The minimum Gasteiger partial charge on any atom is -0.360 e. The van der Waals surface area contributed by atoms with Gasteiger partial charge in [-0.05, 0) is 5.56 Å². The monoisotopic (exact) mass is 244 g/mol. The van der Waals surface area contributed by atoms with Crippen molar-refractivity contribution in [2.45, 2.75) is 18.8 Å². The van der Waals surface area contributed by atoms with Gasteiger partial charge in [-0.2, -0.15) is 13.2 Å². The van der Waals surface area contributed by atoms with Gasteiger partial charge in [-0.3, -0.25) is 4.90 Å². The van der Waals surface area contributed by atoms with Crippen LogP contribution in [0, 0.1) is 6.61 Å². The van der Waals surface area contributed by atoms with Crippen molar-refractivity contribution in [2.75, 3.05) is 13.1 Å².